The van der Waals surface area contributed by atoms with E-state index in [0.717, 1.165) is 4.90 Å². The maximum absolute atomic E-state index is 12.8. The third-order valence-electron chi connectivity index (χ3n) is 4.57. The molecule has 0 aromatic heterocycles. The normalized spacial score (nSPS) is 14.2. The average molecular weight is 574 g/mol. The highest BCUT2D eigenvalue weighted by molar-refractivity contribution is 8.18. The smallest absolute Gasteiger partial charge is 0.344 e. The van der Waals surface area contributed by atoms with Gasteiger partial charge < -0.3 is 19.5 Å². The van der Waals surface area contributed by atoms with Gasteiger partial charge in [0, 0.05) is 5.69 Å². The number of nitrogens with zero attached hydrogens (tertiary/aromatic N) is 1. The first-order valence-electron chi connectivity index (χ1n) is 10.3. The molecule has 3 rings (SSSR count). The molecule has 0 spiro atoms. The van der Waals surface area contributed by atoms with Gasteiger partial charge in [0.1, 0.15) is 12.3 Å². The predicted molar refractivity (Wildman–Crippen MR) is 138 cm³/mol. The van der Waals surface area contributed by atoms with Crippen LogP contribution in [0.5, 0.6) is 11.5 Å². The number of carbonyl (C=O) groups is 4. The minimum Gasteiger partial charge on any atom is -0.495 e. The third kappa shape index (κ3) is 6.85. The number of amides is 3. The molecule has 3 amide bonds. The second-order valence-corrected chi connectivity index (χ2v) is 9.29. The zero-order valence-corrected chi connectivity index (χ0v) is 22.0. The molecule has 190 valence electrons. The lowest BCUT2D eigenvalue weighted by Crippen LogP contribution is -2.36. The lowest BCUT2D eigenvalue weighted by molar-refractivity contribution is -0.145. The maximum Gasteiger partial charge on any atom is 0.344 e. The van der Waals surface area contributed by atoms with Crippen molar-refractivity contribution in [2.24, 2.45) is 0 Å². The number of nitrogens with one attached hydrogen (secondary N) is 1. The van der Waals surface area contributed by atoms with E-state index in [9.17, 15) is 19.2 Å². The van der Waals surface area contributed by atoms with Gasteiger partial charge in [-0.25, -0.2) is 4.79 Å². The van der Waals surface area contributed by atoms with Crippen molar-refractivity contribution in [2.75, 3.05) is 32.2 Å². The van der Waals surface area contributed by atoms with Crippen LogP contribution >= 0.6 is 46.6 Å². The Morgan fingerprint density at radius 3 is 2.39 bits per heavy atom. The molecular formula is C23H19Cl3N2O7S. The average Bonchev–Trinajstić information content (AvgIpc) is 3.06. The Morgan fingerprint density at radius 2 is 1.78 bits per heavy atom. The molecular weight excluding hydrogens is 555 g/mol. The number of esters is 1. The topological polar surface area (TPSA) is 111 Å². The number of hydrogen-bond acceptors (Lipinski definition) is 8. The molecule has 1 heterocycles. The molecule has 0 radical (unpaired) electrons. The molecule has 0 saturated carbocycles. The standard InChI is InChI=1S/C23H19Cl3N2O7S/c1-3-34-20(30)11-35-21-15(25)6-12(7-16(21)26)8-18-22(31)28(23(32)36-18)10-19(29)27-13-4-5-17(33-2)14(24)9-13/h4-9H,3,10-11H2,1-2H3,(H,27,29)/b18-8-. The number of ether oxygens (including phenoxy) is 3. The maximum atomic E-state index is 12.8. The first kappa shape index (κ1) is 27.7. The van der Waals surface area contributed by atoms with E-state index in [1.54, 1.807) is 19.1 Å². The number of benzene rings is 2. The van der Waals surface area contributed by atoms with E-state index in [4.69, 9.17) is 49.0 Å². The van der Waals surface area contributed by atoms with E-state index in [0.29, 0.717) is 33.8 Å². The summed E-state index contributed by atoms with van der Waals surface area (Å²) in [4.78, 5) is 50.0. The van der Waals surface area contributed by atoms with Crippen LogP contribution in [0.25, 0.3) is 6.08 Å². The Labute approximate surface area is 225 Å². The van der Waals surface area contributed by atoms with Crippen molar-refractivity contribution >= 4 is 81.4 Å². The van der Waals surface area contributed by atoms with Crippen LogP contribution in [-0.2, 0) is 19.1 Å². The van der Waals surface area contributed by atoms with Gasteiger partial charge in [-0.05, 0) is 60.7 Å². The number of rotatable bonds is 9. The van der Waals surface area contributed by atoms with E-state index in [1.165, 1.54) is 31.4 Å². The number of carbonyl (C=O) groups excluding carboxylic acids is 4. The van der Waals surface area contributed by atoms with Crippen LogP contribution in [0.2, 0.25) is 15.1 Å². The lowest BCUT2D eigenvalue weighted by atomic mass is 10.2. The largest absolute Gasteiger partial charge is 0.495 e. The molecule has 0 unspecified atom stereocenters. The molecule has 0 bridgehead atoms. The van der Waals surface area contributed by atoms with E-state index < -0.39 is 29.6 Å². The summed E-state index contributed by atoms with van der Waals surface area (Å²) in [6, 6.07) is 7.55. The van der Waals surface area contributed by atoms with Gasteiger partial charge in [0.25, 0.3) is 11.1 Å². The van der Waals surface area contributed by atoms with Gasteiger partial charge in [0.05, 0.1) is 33.7 Å². The Bertz CT molecular complexity index is 1230. The molecule has 0 aliphatic carbocycles. The van der Waals surface area contributed by atoms with Crippen molar-refractivity contribution < 1.29 is 33.4 Å². The summed E-state index contributed by atoms with van der Waals surface area (Å²) in [5.74, 6) is -1.31. The summed E-state index contributed by atoms with van der Waals surface area (Å²) >= 11 is 19.2. The first-order chi connectivity index (χ1) is 17.1. The third-order valence-corrected chi connectivity index (χ3v) is 6.33. The summed E-state index contributed by atoms with van der Waals surface area (Å²) in [6.45, 7) is 0.997. The second-order valence-electron chi connectivity index (χ2n) is 7.07. The molecule has 1 fully saturated rings. The van der Waals surface area contributed by atoms with E-state index in [-0.39, 0.29) is 33.9 Å². The minimum atomic E-state index is -0.650. The van der Waals surface area contributed by atoms with Crippen molar-refractivity contribution in [3.8, 4) is 11.5 Å². The number of thioether (sulfide) groups is 1. The number of hydrogen-bond donors (Lipinski definition) is 1. The van der Waals surface area contributed by atoms with Crippen LogP contribution in [-0.4, -0.2) is 54.8 Å². The highest BCUT2D eigenvalue weighted by atomic mass is 35.5. The first-order valence-corrected chi connectivity index (χ1v) is 12.2. The monoisotopic (exact) mass is 572 g/mol. The van der Waals surface area contributed by atoms with Gasteiger partial charge in [-0.1, -0.05) is 34.8 Å². The molecule has 1 saturated heterocycles. The molecule has 1 aliphatic rings. The zero-order valence-electron chi connectivity index (χ0n) is 18.9. The fourth-order valence-corrected chi connectivity index (χ4v) is 4.72. The van der Waals surface area contributed by atoms with Crippen LogP contribution in [0.3, 0.4) is 0 Å². The minimum absolute atomic E-state index is 0.0759. The molecule has 2 aromatic carbocycles. The SMILES string of the molecule is CCOC(=O)COc1c(Cl)cc(/C=C2\SC(=O)N(CC(=O)Nc3ccc(OC)c(Cl)c3)C2=O)cc1Cl. The summed E-state index contributed by atoms with van der Waals surface area (Å²) < 4.78 is 15.2. The van der Waals surface area contributed by atoms with Crippen LogP contribution in [0.15, 0.2) is 35.2 Å². The van der Waals surface area contributed by atoms with Crippen molar-refractivity contribution in [1.82, 2.24) is 4.90 Å². The van der Waals surface area contributed by atoms with E-state index in [2.05, 4.69) is 5.32 Å². The van der Waals surface area contributed by atoms with Crippen molar-refractivity contribution in [2.45, 2.75) is 6.92 Å². The number of methoxy groups -OCH3 is 1. The molecule has 13 heteroatoms. The van der Waals surface area contributed by atoms with Crippen molar-refractivity contribution in [1.29, 1.82) is 0 Å². The predicted octanol–water partition coefficient (Wildman–Crippen LogP) is 5.27. The molecule has 2 aromatic rings. The fraction of sp³-hybridized carbons (Fsp3) is 0.217. The molecule has 1 aliphatic heterocycles. The molecule has 36 heavy (non-hydrogen) atoms. The van der Waals surface area contributed by atoms with Gasteiger partial charge in [0.2, 0.25) is 5.91 Å². The lowest BCUT2D eigenvalue weighted by Gasteiger charge is -2.13. The summed E-state index contributed by atoms with van der Waals surface area (Å²) in [5, 5.41) is 2.45. The highest BCUT2D eigenvalue weighted by Crippen LogP contribution is 2.37. The van der Waals surface area contributed by atoms with Crippen molar-refractivity contribution in [3.63, 3.8) is 0 Å². The number of anilines is 1. The molecule has 0 atom stereocenters. The molecule has 1 N–H and O–H groups in total. The Kier molecular flexibility index (Phi) is 9.49. The Morgan fingerprint density at radius 1 is 1.08 bits per heavy atom. The van der Waals surface area contributed by atoms with Crippen LogP contribution < -0.4 is 14.8 Å². The Hall–Kier alpha value is -2.92. The van der Waals surface area contributed by atoms with Gasteiger partial charge in [0.15, 0.2) is 12.4 Å². The van der Waals surface area contributed by atoms with Crippen LogP contribution in [0, 0.1) is 0 Å². The summed E-state index contributed by atoms with van der Waals surface area (Å²) in [7, 11) is 1.46. The van der Waals surface area contributed by atoms with Gasteiger partial charge in [-0.15, -0.1) is 0 Å². The van der Waals surface area contributed by atoms with E-state index >= 15 is 0 Å². The fourth-order valence-electron chi connectivity index (χ4n) is 3.01. The number of imide groups is 1. The second kappa shape index (κ2) is 12.4. The van der Waals surface area contributed by atoms with Crippen LogP contribution in [0.1, 0.15) is 12.5 Å². The Balaban J connectivity index is 1.68. The van der Waals surface area contributed by atoms with E-state index in [1.807, 2.05) is 0 Å². The van der Waals surface area contributed by atoms with Crippen LogP contribution in [0.4, 0.5) is 10.5 Å². The molecule has 9 nitrogen and oxygen atoms in total. The van der Waals surface area contributed by atoms with Gasteiger partial charge in [-0.3, -0.25) is 19.3 Å². The quantitative estimate of drug-likeness (QED) is 0.319. The van der Waals surface area contributed by atoms with Gasteiger partial charge in [-0.2, -0.15) is 0 Å². The van der Waals surface area contributed by atoms with Gasteiger partial charge >= 0.3 is 5.97 Å². The number of halogens is 3. The summed E-state index contributed by atoms with van der Waals surface area (Å²) in [6.07, 6.45) is 1.42. The highest BCUT2D eigenvalue weighted by Gasteiger charge is 2.36. The zero-order chi connectivity index (χ0) is 26.4. The van der Waals surface area contributed by atoms with Crippen molar-refractivity contribution in [3.05, 3.63) is 55.9 Å². The summed E-state index contributed by atoms with van der Waals surface area (Å²) in [5.41, 5.74) is 0.791.